The number of hydrogen-bond donors (Lipinski definition) is 1. The Morgan fingerprint density at radius 2 is 1.81 bits per heavy atom. The molecule has 0 atom stereocenters. The van der Waals surface area contributed by atoms with Gasteiger partial charge in [-0.15, -0.1) is 0 Å². The van der Waals surface area contributed by atoms with E-state index < -0.39 is 0 Å². The molecule has 1 heterocycles. The molecule has 0 spiro atoms. The van der Waals surface area contributed by atoms with Crippen molar-refractivity contribution in [1.82, 2.24) is 4.98 Å². The second-order valence-corrected chi connectivity index (χ2v) is 5.78. The molecule has 0 aliphatic carbocycles. The van der Waals surface area contributed by atoms with Crippen LogP contribution in [0, 0.1) is 0 Å². The number of thiazole rings is 1. The molecule has 5 heteroatoms. The third-order valence-corrected chi connectivity index (χ3v) is 4.01. The summed E-state index contributed by atoms with van der Waals surface area (Å²) in [6.45, 7) is 0. The number of aromatic nitrogens is 1. The van der Waals surface area contributed by atoms with E-state index in [-0.39, 0.29) is 0 Å². The molecule has 0 aliphatic rings. The maximum absolute atomic E-state index is 5.83. The molecule has 3 nitrogen and oxygen atoms in total. The first-order chi connectivity index (χ1) is 10.3. The molecule has 0 unspecified atom stereocenters. The molecule has 0 aliphatic heterocycles. The molecule has 3 aromatic rings. The Morgan fingerprint density at radius 1 is 1.05 bits per heavy atom. The summed E-state index contributed by atoms with van der Waals surface area (Å²) in [5.41, 5.74) is 5.08. The van der Waals surface area contributed by atoms with E-state index in [9.17, 15) is 0 Å². The fourth-order valence-electron chi connectivity index (χ4n) is 1.77. The van der Waals surface area contributed by atoms with Gasteiger partial charge in [0.2, 0.25) is 5.13 Å². The molecule has 0 saturated carbocycles. The average Bonchev–Trinajstić information content (AvgIpc) is 2.99. The summed E-state index contributed by atoms with van der Waals surface area (Å²) >= 11 is 7.40. The summed E-state index contributed by atoms with van der Waals surface area (Å²) in [4.78, 5) is 5.42. The zero-order chi connectivity index (χ0) is 14.5. The predicted octanol–water partition coefficient (Wildman–Crippen LogP) is 4.91. The monoisotopic (exact) mass is 313 g/mol. The van der Waals surface area contributed by atoms with Crippen LogP contribution in [0.2, 0.25) is 5.02 Å². The van der Waals surface area contributed by atoms with Crippen molar-refractivity contribution >= 4 is 34.3 Å². The van der Waals surface area contributed by atoms with Crippen LogP contribution >= 0.6 is 22.9 Å². The van der Waals surface area contributed by atoms with Gasteiger partial charge >= 0.3 is 0 Å². The summed E-state index contributed by atoms with van der Waals surface area (Å²) in [5.74, 6) is 0. The lowest BCUT2D eigenvalue weighted by molar-refractivity contribution is 1.29. The van der Waals surface area contributed by atoms with Gasteiger partial charge in [-0.2, -0.15) is 5.10 Å². The van der Waals surface area contributed by atoms with Crippen LogP contribution < -0.4 is 5.43 Å². The third kappa shape index (κ3) is 3.68. The molecule has 0 fully saturated rings. The van der Waals surface area contributed by atoms with Crippen LogP contribution in [0.25, 0.3) is 10.4 Å². The highest BCUT2D eigenvalue weighted by Gasteiger charge is 2.02. The van der Waals surface area contributed by atoms with Gasteiger partial charge in [0.25, 0.3) is 0 Å². The Labute approximate surface area is 131 Å². The Kier molecular flexibility index (Phi) is 4.28. The van der Waals surface area contributed by atoms with E-state index in [0.717, 1.165) is 21.1 Å². The summed E-state index contributed by atoms with van der Waals surface area (Å²) in [5, 5.41) is 5.66. The summed E-state index contributed by atoms with van der Waals surface area (Å²) in [6.07, 6.45) is 3.58. The standard InChI is InChI=1S/C16H12ClN3S/c17-14-8-6-12(7-9-14)10-19-20-16-18-11-15(21-16)13-4-2-1-3-5-13/h1-11H,(H,18,20)/b19-10+. The number of halogens is 1. The van der Waals surface area contributed by atoms with E-state index in [4.69, 9.17) is 11.6 Å². The Morgan fingerprint density at radius 3 is 2.57 bits per heavy atom. The van der Waals surface area contributed by atoms with Crippen molar-refractivity contribution in [3.63, 3.8) is 0 Å². The largest absolute Gasteiger partial charge is 0.253 e. The third-order valence-electron chi connectivity index (χ3n) is 2.81. The van der Waals surface area contributed by atoms with Gasteiger partial charge in [0.05, 0.1) is 11.1 Å². The van der Waals surface area contributed by atoms with Crippen molar-refractivity contribution < 1.29 is 0 Å². The van der Waals surface area contributed by atoms with E-state index in [1.165, 1.54) is 0 Å². The molecular formula is C16H12ClN3S. The van der Waals surface area contributed by atoms with Crippen LogP contribution in [0.1, 0.15) is 5.56 Å². The first-order valence-corrected chi connectivity index (χ1v) is 7.56. The number of nitrogens with zero attached hydrogens (tertiary/aromatic N) is 2. The molecule has 0 radical (unpaired) electrons. The SMILES string of the molecule is Clc1ccc(/C=N/Nc2ncc(-c3ccccc3)s2)cc1. The summed E-state index contributed by atoms with van der Waals surface area (Å²) in [6, 6.07) is 17.6. The summed E-state index contributed by atoms with van der Waals surface area (Å²) in [7, 11) is 0. The summed E-state index contributed by atoms with van der Waals surface area (Å²) < 4.78 is 0. The number of benzene rings is 2. The fourth-order valence-corrected chi connectivity index (χ4v) is 2.67. The van der Waals surface area contributed by atoms with Crippen LogP contribution in [0.15, 0.2) is 65.9 Å². The topological polar surface area (TPSA) is 37.3 Å². The van der Waals surface area contributed by atoms with Crippen molar-refractivity contribution in [3.05, 3.63) is 71.4 Å². The van der Waals surface area contributed by atoms with Gasteiger partial charge in [-0.3, -0.25) is 5.43 Å². The highest BCUT2D eigenvalue weighted by atomic mass is 35.5. The smallest absolute Gasteiger partial charge is 0.203 e. The van der Waals surface area contributed by atoms with Crippen molar-refractivity contribution in [2.45, 2.75) is 0 Å². The van der Waals surface area contributed by atoms with Crippen molar-refractivity contribution in [3.8, 4) is 10.4 Å². The van der Waals surface area contributed by atoms with Gasteiger partial charge < -0.3 is 0 Å². The molecule has 0 amide bonds. The van der Waals surface area contributed by atoms with Crippen LogP contribution in [-0.4, -0.2) is 11.2 Å². The number of rotatable bonds is 4. The number of nitrogens with one attached hydrogen (secondary N) is 1. The zero-order valence-electron chi connectivity index (χ0n) is 11.0. The molecule has 1 aromatic heterocycles. The number of anilines is 1. The van der Waals surface area contributed by atoms with Gasteiger partial charge in [0.1, 0.15) is 0 Å². The fraction of sp³-hybridized carbons (Fsp3) is 0. The van der Waals surface area contributed by atoms with E-state index in [0.29, 0.717) is 5.02 Å². The molecule has 0 saturated heterocycles. The van der Waals surface area contributed by atoms with Crippen LogP contribution in [0.5, 0.6) is 0 Å². The molecule has 21 heavy (non-hydrogen) atoms. The zero-order valence-corrected chi connectivity index (χ0v) is 12.6. The highest BCUT2D eigenvalue weighted by molar-refractivity contribution is 7.18. The minimum atomic E-state index is 0.715. The first-order valence-electron chi connectivity index (χ1n) is 6.37. The van der Waals surface area contributed by atoms with Gasteiger partial charge in [-0.05, 0) is 23.3 Å². The second-order valence-electron chi connectivity index (χ2n) is 4.32. The van der Waals surface area contributed by atoms with Crippen LogP contribution in [0.4, 0.5) is 5.13 Å². The van der Waals surface area contributed by atoms with Crippen LogP contribution in [0.3, 0.4) is 0 Å². The van der Waals surface area contributed by atoms with Crippen molar-refractivity contribution in [1.29, 1.82) is 0 Å². The Bertz CT molecular complexity index is 736. The maximum atomic E-state index is 5.83. The highest BCUT2D eigenvalue weighted by Crippen LogP contribution is 2.28. The van der Waals surface area contributed by atoms with Gasteiger partial charge in [0, 0.05) is 11.2 Å². The average molecular weight is 314 g/mol. The van der Waals surface area contributed by atoms with E-state index in [1.807, 2.05) is 48.7 Å². The molecule has 2 aromatic carbocycles. The van der Waals surface area contributed by atoms with Gasteiger partial charge in [0.15, 0.2) is 0 Å². The molecule has 3 rings (SSSR count). The minimum absolute atomic E-state index is 0.715. The van der Waals surface area contributed by atoms with Crippen LogP contribution in [-0.2, 0) is 0 Å². The second kappa shape index (κ2) is 6.52. The van der Waals surface area contributed by atoms with Crippen molar-refractivity contribution in [2.24, 2.45) is 5.10 Å². The van der Waals surface area contributed by atoms with E-state index in [1.54, 1.807) is 17.6 Å². The number of hydrogen-bond acceptors (Lipinski definition) is 4. The van der Waals surface area contributed by atoms with Gasteiger partial charge in [-0.25, -0.2) is 4.98 Å². The number of hydrazone groups is 1. The molecule has 104 valence electrons. The van der Waals surface area contributed by atoms with E-state index >= 15 is 0 Å². The Hall–Kier alpha value is -2.17. The molecule has 0 bridgehead atoms. The van der Waals surface area contributed by atoms with Crippen molar-refractivity contribution in [2.75, 3.05) is 5.43 Å². The first kappa shape index (κ1) is 13.8. The molecule has 1 N–H and O–H groups in total. The minimum Gasteiger partial charge on any atom is -0.253 e. The Balaban J connectivity index is 1.66. The lowest BCUT2D eigenvalue weighted by atomic mass is 10.2. The predicted molar refractivity (Wildman–Crippen MR) is 90.2 cm³/mol. The van der Waals surface area contributed by atoms with E-state index in [2.05, 4.69) is 27.6 Å². The van der Waals surface area contributed by atoms with Gasteiger partial charge in [-0.1, -0.05) is 65.4 Å². The lowest BCUT2D eigenvalue weighted by Gasteiger charge is -1.95. The normalized spacial score (nSPS) is 10.9. The maximum Gasteiger partial charge on any atom is 0.203 e. The lowest BCUT2D eigenvalue weighted by Crippen LogP contribution is -1.89. The quantitative estimate of drug-likeness (QED) is 0.549. The molecular weight excluding hydrogens is 302 g/mol.